The summed E-state index contributed by atoms with van der Waals surface area (Å²) in [4.78, 5) is 25.9. The molecule has 0 aliphatic heterocycles. The molecule has 0 aliphatic rings. The van der Waals surface area contributed by atoms with Crippen molar-refractivity contribution in [2.24, 2.45) is 0 Å². The molecule has 37 heavy (non-hydrogen) atoms. The summed E-state index contributed by atoms with van der Waals surface area (Å²) < 4.78 is 31.7. The Morgan fingerprint density at radius 1 is 0.892 bits per heavy atom. The van der Waals surface area contributed by atoms with Gasteiger partial charge in [0.05, 0.1) is 0 Å². The molecule has 0 saturated carbocycles. The molecule has 2 N–H and O–H groups in total. The van der Waals surface area contributed by atoms with E-state index in [1.807, 2.05) is 18.2 Å². The van der Waals surface area contributed by atoms with E-state index in [0.717, 1.165) is 36.4 Å². The first-order chi connectivity index (χ1) is 17.3. The van der Waals surface area contributed by atoms with Gasteiger partial charge in [0, 0.05) is 35.9 Å². The molecular formula is C27H29ClF3N3O3. The fourth-order valence-corrected chi connectivity index (χ4v) is 3.27. The number of halogens is 4. The van der Waals surface area contributed by atoms with Gasteiger partial charge in [-0.25, -0.2) is 4.79 Å². The third-order valence-corrected chi connectivity index (χ3v) is 5.39. The van der Waals surface area contributed by atoms with Crippen molar-refractivity contribution in [3.05, 3.63) is 88.9 Å². The second-order valence-corrected chi connectivity index (χ2v) is 9.02. The minimum Gasteiger partial charge on any atom is -0.475 e. The Labute approximate surface area is 219 Å². The first-order valence-electron chi connectivity index (χ1n) is 11.2. The maximum Gasteiger partial charge on any atom is 0.490 e. The number of aliphatic carboxylic acids is 1. The highest BCUT2D eigenvalue weighted by Gasteiger charge is 2.38. The van der Waals surface area contributed by atoms with E-state index in [1.54, 1.807) is 24.3 Å². The third-order valence-electron chi connectivity index (χ3n) is 5.14. The van der Waals surface area contributed by atoms with Gasteiger partial charge in [-0.1, -0.05) is 48.0 Å². The topological polar surface area (TPSA) is 72.9 Å². The van der Waals surface area contributed by atoms with Crippen LogP contribution in [0.5, 0.6) is 0 Å². The zero-order valence-electron chi connectivity index (χ0n) is 20.7. The second kappa shape index (κ2) is 13.8. The Morgan fingerprint density at radius 3 is 2.03 bits per heavy atom. The van der Waals surface area contributed by atoms with Crippen LogP contribution in [0.3, 0.4) is 0 Å². The Kier molecular flexibility index (Phi) is 11.1. The van der Waals surface area contributed by atoms with E-state index >= 15 is 0 Å². The summed E-state index contributed by atoms with van der Waals surface area (Å²) >= 11 is 5.90. The maximum absolute atomic E-state index is 12.5. The number of alkyl halides is 3. The number of benzene rings is 3. The molecule has 0 radical (unpaired) electrons. The van der Waals surface area contributed by atoms with Crippen LogP contribution in [-0.2, 0) is 11.3 Å². The van der Waals surface area contributed by atoms with Crippen molar-refractivity contribution in [2.75, 3.05) is 39.5 Å². The molecule has 0 bridgehead atoms. The van der Waals surface area contributed by atoms with Crippen LogP contribution in [0, 0.1) is 0 Å². The predicted molar refractivity (Wildman–Crippen MR) is 140 cm³/mol. The lowest BCUT2D eigenvalue weighted by molar-refractivity contribution is -0.192. The van der Waals surface area contributed by atoms with Gasteiger partial charge >= 0.3 is 12.1 Å². The Bertz CT molecular complexity index is 1170. The summed E-state index contributed by atoms with van der Waals surface area (Å²) in [6.07, 6.45) is -5.08. The van der Waals surface area contributed by atoms with Crippen LogP contribution >= 0.6 is 11.6 Å². The number of nitrogens with one attached hydrogen (secondary N) is 1. The average molecular weight is 536 g/mol. The van der Waals surface area contributed by atoms with E-state index < -0.39 is 12.1 Å². The molecule has 0 saturated heterocycles. The summed E-state index contributed by atoms with van der Waals surface area (Å²) in [5.41, 5.74) is 4.81. The number of likely N-dealkylation sites (N-methyl/N-ethyl adjacent to an activating group) is 2. The van der Waals surface area contributed by atoms with Gasteiger partial charge in [-0.3, -0.25) is 4.79 Å². The lowest BCUT2D eigenvalue weighted by Crippen LogP contribution is -2.28. The van der Waals surface area contributed by atoms with E-state index in [1.165, 1.54) is 5.56 Å². The van der Waals surface area contributed by atoms with Gasteiger partial charge in [-0.2, -0.15) is 13.2 Å². The zero-order valence-corrected chi connectivity index (χ0v) is 21.5. The number of amides is 1. The fourth-order valence-electron chi connectivity index (χ4n) is 3.15. The van der Waals surface area contributed by atoms with Crippen molar-refractivity contribution in [1.29, 1.82) is 0 Å². The van der Waals surface area contributed by atoms with Crippen LogP contribution in [0.15, 0.2) is 72.8 Å². The average Bonchev–Trinajstić information content (AvgIpc) is 2.83. The number of hydrogen-bond donors (Lipinski definition) is 2. The monoisotopic (exact) mass is 535 g/mol. The summed E-state index contributed by atoms with van der Waals surface area (Å²) in [7, 11) is 6.33. The molecule has 6 nitrogen and oxygen atoms in total. The molecule has 3 aromatic carbocycles. The highest BCUT2D eigenvalue weighted by Crippen LogP contribution is 2.24. The molecule has 0 aromatic heterocycles. The number of carboxylic acid groups (broad SMARTS) is 1. The first-order valence-corrected chi connectivity index (χ1v) is 11.6. The standard InChI is InChI=1S/C25H28ClN3O.C2HF3O2/c1-28(2)15-16-29(3)18-19-7-9-20(10-8-19)22-5-4-6-24(17-22)27-25(30)21-11-13-23(26)14-12-21;3-2(4,5)1(6)7/h4-14,17H,15-16,18H2,1-3H3,(H,27,30);(H,6,7). The van der Waals surface area contributed by atoms with Gasteiger partial charge in [-0.05, 0) is 74.2 Å². The van der Waals surface area contributed by atoms with Gasteiger partial charge in [0.1, 0.15) is 0 Å². The molecule has 3 rings (SSSR count). The minimum absolute atomic E-state index is 0.153. The first kappa shape index (κ1) is 29.8. The molecule has 0 aliphatic carbocycles. The van der Waals surface area contributed by atoms with Gasteiger partial charge in [0.25, 0.3) is 5.91 Å². The largest absolute Gasteiger partial charge is 0.490 e. The third kappa shape index (κ3) is 10.6. The molecule has 198 valence electrons. The van der Waals surface area contributed by atoms with Crippen LogP contribution in [0.2, 0.25) is 5.02 Å². The van der Waals surface area contributed by atoms with Crippen molar-refractivity contribution in [1.82, 2.24) is 9.80 Å². The summed E-state index contributed by atoms with van der Waals surface area (Å²) in [6, 6.07) is 23.4. The van der Waals surface area contributed by atoms with Gasteiger partial charge in [0.15, 0.2) is 0 Å². The van der Waals surface area contributed by atoms with E-state index in [9.17, 15) is 18.0 Å². The van der Waals surface area contributed by atoms with Crippen LogP contribution < -0.4 is 5.32 Å². The molecule has 0 spiro atoms. The molecule has 0 fully saturated rings. The van der Waals surface area contributed by atoms with Crippen LogP contribution in [0.4, 0.5) is 18.9 Å². The van der Waals surface area contributed by atoms with E-state index in [-0.39, 0.29) is 5.91 Å². The maximum atomic E-state index is 12.5. The molecular weight excluding hydrogens is 507 g/mol. The van der Waals surface area contributed by atoms with Crippen molar-refractivity contribution in [3.8, 4) is 11.1 Å². The fraction of sp³-hybridized carbons (Fsp3) is 0.259. The number of carbonyl (C=O) groups excluding carboxylic acids is 1. The molecule has 0 atom stereocenters. The van der Waals surface area contributed by atoms with E-state index in [4.69, 9.17) is 21.5 Å². The zero-order chi connectivity index (χ0) is 27.6. The highest BCUT2D eigenvalue weighted by molar-refractivity contribution is 6.30. The lowest BCUT2D eigenvalue weighted by Gasteiger charge is -2.19. The molecule has 0 heterocycles. The summed E-state index contributed by atoms with van der Waals surface area (Å²) in [5, 5.41) is 10.7. The van der Waals surface area contributed by atoms with Crippen molar-refractivity contribution >= 4 is 29.2 Å². The van der Waals surface area contributed by atoms with Crippen molar-refractivity contribution in [3.63, 3.8) is 0 Å². The van der Waals surface area contributed by atoms with E-state index in [2.05, 4.69) is 66.6 Å². The van der Waals surface area contributed by atoms with Crippen molar-refractivity contribution in [2.45, 2.75) is 12.7 Å². The van der Waals surface area contributed by atoms with Gasteiger partial charge < -0.3 is 20.2 Å². The number of carbonyl (C=O) groups is 2. The smallest absolute Gasteiger partial charge is 0.475 e. The summed E-state index contributed by atoms with van der Waals surface area (Å²) in [6.45, 7) is 3.00. The summed E-state index contributed by atoms with van der Waals surface area (Å²) in [5.74, 6) is -2.91. The number of rotatable bonds is 8. The van der Waals surface area contributed by atoms with Crippen LogP contribution in [0.1, 0.15) is 15.9 Å². The Morgan fingerprint density at radius 2 is 1.49 bits per heavy atom. The molecule has 1 amide bonds. The number of hydrogen-bond acceptors (Lipinski definition) is 4. The number of carboxylic acids is 1. The number of nitrogens with zero attached hydrogens (tertiary/aromatic N) is 2. The highest BCUT2D eigenvalue weighted by atomic mass is 35.5. The van der Waals surface area contributed by atoms with Gasteiger partial charge in [-0.15, -0.1) is 0 Å². The molecule has 0 unspecified atom stereocenters. The van der Waals surface area contributed by atoms with Crippen LogP contribution in [-0.4, -0.2) is 67.2 Å². The second-order valence-electron chi connectivity index (χ2n) is 8.58. The van der Waals surface area contributed by atoms with E-state index in [0.29, 0.717) is 10.6 Å². The Hall–Kier alpha value is -3.40. The predicted octanol–water partition coefficient (Wildman–Crippen LogP) is 5.89. The number of anilines is 1. The normalized spacial score (nSPS) is 11.2. The quantitative estimate of drug-likeness (QED) is 0.376. The Balaban J connectivity index is 0.000000604. The molecule has 3 aromatic rings. The SMILES string of the molecule is CN(C)CCN(C)Cc1ccc(-c2cccc(NC(=O)c3ccc(Cl)cc3)c2)cc1.O=C(O)C(F)(F)F. The van der Waals surface area contributed by atoms with Crippen LogP contribution in [0.25, 0.3) is 11.1 Å². The lowest BCUT2D eigenvalue weighted by atomic mass is 10.0. The van der Waals surface area contributed by atoms with Gasteiger partial charge in [0.2, 0.25) is 0 Å². The van der Waals surface area contributed by atoms with Crippen molar-refractivity contribution < 1.29 is 27.9 Å². The molecule has 10 heteroatoms. The minimum atomic E-state index is -5.08.